The summed E-state index contributed by atoms with van der Waals surface area (Å²) in [5.74, 6) is 1.06. The van der Waals surface area contributed by atoms with Crippen LogP contribution in [0.3, 0.4) is 0 Å². The van der Waals surface area contributed by atoms with Crippen molar-refractivity contribution in [3.8, 4) is 0 Å². The number of benzene rings is 1. The van der Waals surface area contributed by atoms with Crippen LogP contribution in [0.25, 0.3) is 11.1 Å². The third-order valence-corrected chi connectivity index (χ3v) is 3.17. The molecule has 0 saturated heterocycles. The topological polar surface area (TPSA) is 81.2 Å². The molecule has 1 fully saturated rings. The third kappa shape index (κ3) is 2.46. The van der Waals surface area contributed by atoms with E-state index in [9.17, 15) is 4.79 Å². The van der Waals surface area contributed by atoms with Crippen molar-refractivity contribution in [1.82, 2.24) is 4.98 Å². The van der Waals surface area contributed by atoms with Crippen LogP contribution in [-0.4, -0.2) is 16.4 Å². The molecule has 3 rings (SSSR count). The van der Waals surface area contributed by atoms with E-state index in [-0.39, 0.29) is 5.91 Å². The van der Waals surface area contributed by atoms with E-state index in [1.807, 2.05) is 12.1 Å². The van der Waals surface area contributed by atoms with Crippen molar-refractivity contribution < 1.29 is 9.21 Å². The van der Waals surface area contributed by atoms with Crippen LogP contribution in [-0.2, 0) is 4.79 Å². The lowest BCUT2D eigenvalue weighted by molar-refractivity contribution is -0.120. The zero-order valence-corrected chi connectivity index (χ0v) is 11.1. The average Bonchev–Trinajstić information content (AvgIpc) is 3.08. The minimum Gasteiger partial charge on any atom is -0.440 e. The van der Waals surface area contributed by atoms with Crippen molar-refractivity contribution in [2.24, 2.45) is 5.73 Å². The molecule has 0 atom stereocenters. The lowest BCUT2D eigenvalue weighted by Gasteiger charge is -2.17. The Morgan fingerprint density at radius 2 is 2.21 bits per heavy atom. The lowest BCUT2D eigenvalue weighted by atomic mass is 10.1. The number of aromatic nitrogens is 1. The number of anilines is 1. The molecule has 0 aliphatic heterocycles. The van der Waals surface area contributed by atoms with Crippen LogP contribution in [0.4, 0.5) is 5.69 Å². The van der Waals surface area contributed by atoms with Gasteiger partial charge in [-0.15, -0.1) is 0 Å². The first kappa shape index (κ1) is 12.2. The van der Waals surface area contributed by atoms with Gasteiger partial charge in [0.25, 0.3) is 0 Å². The standard InChI is InChI=1S/C14H17N3O2/c1-14(2,15)13(18)16-9-5-6-10-11(7-9)19-12(17-10)8-3-4-8/h5-8H,3-4,15H2,1-2H3,(H,16,18). The number of carbonyl (C=O) groups excluding carboxylic acids is 1. The Morgan fingerprint density at radius 1 is 1.47 bits per heavy atom. The van der Waals surface area contributed by atoms with E-state index in [1.54, 1.807) is 19.9 Å². The number of hydrogen-bond acceptors (Lipinski definition) is 4. The van der Waals surface area contributed by atoms with Crippen LogP contribution in [0.2, 0.25) is 0 Å². The van der Waals surface area contributed by atoms with E-state index in [1.165, 1.54) is 0 Å². The van der Waals surface area contributed by atoms with Crippen LogP contribution >= 0.6 is 0 Å². The second kappa shape index (κ2) is 4.06. The maximum Gasteiger partial charge on any atom is 0.243 e. The van der Waals surface area contributed by atoms with Gasteiger partial charge < -0.3 is 15.5 Å². The van der Waals surface area contributed by atoms with E-state index in [0.717, 1.165) is 24.2 Å². The van der Waals surface area contributed by atoms with Crippen molar-refractivity contribution in [3.05, 3.63) is 24.1 Å². The van der Waals surface area contributed by atoms with Gasteiger partial charge in [0.1, 0.15) is 5.52 Å². The Bertz CT molecular complexity index is 636. The second-order valence-corrected chi connectivity index (χ2v) is 5.68. The first-order valence-electron chi connectivity index (χ1n) is 6.44. The zero-order valence-electron chi connectivity index (χ0n) is 11.1. The molecule has 5 nitrogen and oxygen atoms in total. The molecular formula is C14H17N3O2. The number of nitrogens with one attached hydrogen (secondary N) is 1. The molecule has 0 bridgehead atoms. The molecular weight excluding hydrogens is 242 g/mol. The highest BCUT2D eigenvalue weighted by atomic mass is 16.3. The fraction of sp³-hybridized carbons (Fsp3) is 0.429. The number of nitrogens with zero attached hydrogens (tertiary/aromatic N) is 1. The number of oxazole rings is 1. The predicted molar refractivity (Wildman–Crippen MR) is 72.9 cm³/mol. The molecule has 5 heteroatoms. The van der Waals surface area contributed by atoms with E-state index < -0.39 is 5.54 Å². The maximum atomic E-state index is 11.8. The molecule has 1 aliphatic carbocycles. The van der Waals surface area contributed by atoms with Gasteiger partial charge in [-0.25, -0.2) is 4.98 Å². The first-order valence-corrected chi connectivity index (χ1v) is 6.44. The number of rotatable bonds is 3. The molecule has 1 heterocycles. The smallest absolute Gasteiger partial charge is 0.243 e. The monoisotopic (exact) mass is 259 g/mol. The summed E-state index contributed by atoms with van der Waals surface area (Å²) in [6, 6.07) is 5.45. The second-order valence-electron chi connectivity index (χ2n) is 5.68. The molecule has 2 aromatic rings. The summed E-state index contributed by atoms with van der Waals surface area (Å²) < 4.78 is 5.71. The molecule has 1 amide bonds. The van der Waals surface area contributed by atoms with Gasteiger partial charge in [-0.2, -0.15) is 0 Å². The average molecular weight is 259 g/mol. The van der Waals surface area contributed by atoms with Crippen LogP contribution < -0.4 is 11.1 Å². The van der Waals surface area contributed by atoms with E-state index in [0.29, 0.717) is 17.2 Å². The normalized spacial score (nSPS) is 15.7. The number of fused-ring (bicyclic) bond motifs is 1. The molecule has 1 aromatic heterocycles. The van der Waals surface area contributed by atoms with Gasteiger partial charge in [-0.05, 0) is 38.8 Å². The third-order valence-electron chi connectivity index (χ3n) is 3.17. The molecule has 0 radical (unpaired) electrons. The minimum atomic E-state index is -0.907. The summed E-state index contributed by atoms with van der Waals surface area (Å²) in [7, 11) is 0. The summed E-state index contributed by atoms with van der Waals surface area (Å²) in [6.07, 6.45) is 2.30. The fourth-order valence-electron chi connectivity index (χ4n) is 1.82. The van der Waals surface area contributed by atoms with Crippen LogP contribution in [0.5, 0.6) is 0 Å². The highest BCUT2D eigenvalue weighted by Gasteiger charge is 2.29. The molecule has 0 unspecified atom stereocenters. The molecule has 1 aromatic carbocycles. The molecule has 3 N–H and O–H groups in total. The van der Waals surface area contributed by atoms with Crippen molar-refractivity contribution in [1.29, 1.82) is 0 Å². The van der Waals surface area contributed by atoms with Crippen LogP contribution in [0, 0.1) is 0 Å². The fourth-order valence-corrected chi connectivity index (χ4v) is 1.82. The van der Waals surface area contributed by atoms with Gasteiger partial charge >= 0.3 is 0 Å². The SMILES string of the molecule is CC(C)(N)C(=O)Nc1ccc2nc(C3CC3)oc2c1. The Balaban J connectivity index is 1.86. The summed E-state index contributed by atoms with van der Waals surface area (Å²) in [6.45, 7) is 3.33. The number of hydrogen-bond donors (Lipinski definition) is 2. The quantitative estimate of drug-likeness (QED) is 0.886. The molecule has 1 aliphatic rings. The lowest BCUT2D eigenvalue weighted by Crippen LogP contribution is -2.45. The first-order chi connectivity index (χ1) is 8.93. The summed E-state index contributed by atoms with van der Waals surface area (Å²) >= 11 is 0. The number of nitrogens with two attached hydrogens (primary N) is 1. The van der Waals surface area contributed by atoms with Crippen molar-refractivity contribution in [2.45, 2.75) is 38.1 Å². The Morgan fingerprint density at radius 3 is 2.84 bits per heavy atom. The summed E-state index contributed by atoms with van der Waals surface area (Å²) in [5.41, 5.74) is 7.04. The largest absolute Gasteiger partial charge is 0.440 e. The van der Waals surface area contributed by atoms with Gasteiger partial charge in [0.05, 0.1) is 5.54 Å². The van der Waals surface area contributed by atoms with E-state index in [4.69, 9.17) is 10.2 Å². The van der Waals surface area contributed by atoms with Gasteiger partial charge in [0.2, 0.25) is 5.91 Å². The molecule has 1 saturated carbocycles. The predicted octanol–water partition coefficient (Wildman–Crippen LogP) is 2.38. The Hall–Kier alpha value is -1.88. The molecule has 100 valence electrons. The van der Waals surface area contributed by atoms with Gasteiger partial charge in [0.15, 0.2) is 11.5 Å². The maximum absolute atomic E-state index is 11.8. The summed E-state index contributed by atoms with van der Waals surface area (Å²) in [5, 5.41) is 2.78. The molecule has 0 spiro atoms. The van der Waals surface area contributed by atoms with Crippen LogP contribution in [0.15, 0.2) is 22.6 Å². The van der Waals surface area contributed by atoms with Crippen LogP contribution in [0.1, 0.15) is 38.5 Å². The minimum absolute atomic E-state index is 0.228. The zero-order chi connectivity index (χ0) is 13.6. The van der Waals surface area contributed by atoms with Gasteiger partial charge in [-0.3, -0.25) is 4.79 Å². The highest BCUT2D eigenvalue weighted by Crippen LogP contribution is 2.40. The Labute approximate surface area is 111 Å². The van der Waals surface area contributed by atoms with Gasteiger partial charge in [0, 0.05) is 17.7 Å². The van der Waals surface area contributed by atoms with Crippen molar-refractivity contribution in [3.63, 3.8) is 0 Å². The summed E-state index contributed by atoms with van der Waals surface area (Å²) in [4.78, 5) is 16.3. The van der Waals surface area contributed by atoms with Crippen molar-refractivity contribution in [2.75, 3.05) is 5.32 Å². The van der Waals surface area contributed by atoms with Crippen molar-refractivity contribution >= 4 is 22.7 Å². The molecule has 19 heavy (non-hydrogen) atoms. The van der Waals surface area contributed by atoms with E-state index in [2.05, 4.69) is 10.3 Å². The number of carbonyl (C=O) groups is 1. The highest BCUT2D eigenvalue weighted by molar-refractivity contribution is 5.98. The number of amides is 1. The van der Waals surface area contributed by atoms with Gasteiger partial charge in [-0.1, -0.05) is 0 Å². The Kier molecular flexibility index (Phi) is 2.60. The van der Waals surface area contributed by atoms with E-state index >= 15 is 0 Å².